The van der Waals surface area contributed by atoms with Crippen LogP contribution in [0.1, 0.15) is 5.56 Å². The number of aromatic nitrogens is 2. The van der Waals surface area contributed by atoms with E-state index in [4.69, 9.17) is 0 Å². The minimum atomic E-state index is -0.0215. The molecule has 1 amide bonds. The van der Waals surface area contributed by atoms with Crippen molar-refractivity contribution in [1.82, 2.24) is 9.55 Å². The summed E-state index contributed by atoms with van der Waals surface area (Å²) in [4.78, 5) is 16.4. The van der Waals surface area contributed by atoms with E-state index in [1.807, 2.05) is 59.3 Å². The molecule has 0 bridgehead atoms. The van der Waals surface area contributed by atoms with E-state index in [9.17, 15) is 4.79 Å². The van der Waals surface area contributed by atoms with Crippen LogP contribution in [0.2, 0.25) is 0 Å². The third kappa shape index (κ3) is 3.28. The molecule has 0 spiro atoms. The number of nitrogens with one attached hydrogen (secondary N) is 1. The van der Waals surface area contributed by atoms with Crippen LogP contribution in [-0.4, -0.2) is 15.5 Å². The van der Waals surface area contributed by atoms with Crippen molar-refractivity contribution >= 4 is 22.4 Å². The van der Waals surface area contributed by atoms with Crippen LogP contribution in [0.5, 0.6) is 0 Å². The van der Waals surface area contributed by atoms with Crippen LogP contribution in [0.3, 0.4) is 0 Å². The Bertz CT molecular complexity index is 1000. The van der Waals surface area contributed by atoms with E-state index < -0.39 is 0 Å². The van der Waals surface area contributed by atoms with Crippen molar-refractivity contribution in [2.75, 3.05) is 5.32 Å². The number of nitrogens with zero attached hydrogens (tertiary/aromatic N) is 2. The fraction of sp³-hybridized carbons (Fsp3) is 0.0476. The third-order valence-electron chi connectivity index (χ3n) is 4.18. The largest absolute Gasteiger partial charge is 0.326 e. The zero-order valence-electron chi connectivity index (χ0n) is 13.6. The smallest absolute Gasteiger partial charge is 0.228 e. The van der Waals surface area contributed by atoms with Crippen LogP contribution in [-0.2, 0) is 11.2 Å². The van der Waals surface area contributed by atoms with E-state index in [-0.39, 0.29) is 5.91 Å². The van der Waals surface area contributed by atoms with Crippen LogP contribution in [0.15, 0.2) is 85.5 Å². The maximum Gasteiger partial charge on any atom is 0.228 e. The summed E-state index contributed by atoms with van der Waals surface area (Å²) in [6.45, 7) is 0. The van der Waals surface area contributed by atoms with E-state index in [0.717, 1.165) is 27.7 Å². The van der Waals surface area contributed by atoms with E-state index in [0.29, 0.717) is 6.42 Å². The van der Waals surface area contributed by atoms with Gasteiger partial charge in [0.05, 0.1) is 12.7 Å². The number of imidazole rings is 1. The molecule has 1 aromatic heterocycles. The first kappa shape index (κ1) is 15.1. The predicted octanol–water partition coefficient (Wildman–Crippen LogP) is 4.21. The van der Waals surface area contributed by atoms with Crippen molar-refractivity contribution in [2.45, 2.75) is 6.42 Å². The quantitative estimate of drug-likeness (QED) is 0.610. The van der Waals surface area contributed by atoms with E-state index in [1.165, 1.54) is 0 Å². The van der Waals surface area contributed by atoms with Crippen molar-refractivity contribution in [3.05, 3.63) is 91.0 Å². The van der Waals surface area contributed by atoms with E-state index in [1.54, 1.807) is 12.5 Å². The Kier molecular flexibility index (Phi) is 4.01. The second-order valence-electron chi connectivity index (χ2n) is 5.88. The number of hydrogen-bond acceptors (Lipinski definition) is 2. The summed E-state index contributed by atoms with van der Waals surface area (Å²) in [5.41, 5.74) is 2.82. The van der Waals surface area contributed by atoms with Gasteiger partial charge in [-0.05, 0) is 40.6 Å². The van der Waals surface area contributed by atoms with Gasteiger partial charge in [0.15, 0.2) is 0 Å². The number of amides is 1. The lowest BCUT2D eigenvalue weighted by molar-refractivity contribution is -0.115. The Morgan fingerprint density at radius 1 is 0.960 bits per heavy atom. The molecule has 0 unspecified atom stereocenters. The van der Waals surface area contributed by atoms with Crippen molar-refractivity contribution in [3.8, 4) is 5.69 Å². The molecule has 122 valence electrons. The molecule has 0 atom stereocenters. The highest BCUT2D eigenvalue weighted by atomic mass is 16.1. The lowest BCUT2D eigenvalue weighted by Gasteiger charge is -2.09. The molecule has 1 heterocycles. The summed E-state index contributed by atoms with van der Waals surface area (Å²) < 4.78 is 1.92. The molecule has 0 radical (unpaired) electrons. The molecule has 0 fully saturated rings. The average Bonchev–Trinajstić information content (AvgIpc) is 3.17. The van der Waals surface area contributed by atoms with Gasteiger partial charge < -0.3 is 9.88 Å². The molecule has 4 nitrogen and oxygen atoms in total. The number of carbonyl (C=O) groups excluding carboxylic acids is 1. The number of rotatable bonds is 4. The molecule has 0 saturated carbocycles. The van der Waals surface area contributed by atoms with Crippen LogP contribution < -0.4 is 5.32 Å². The molecule has 4 rings (SSSR count). The third-order valence-corrected chi connectivity index (χ3v) is 4.18. The highest BCUT2D eigenvalue weighted by Crippen LogP contribution is 2.20. The van der Waals surface area contributed by atoms with E-state index in [2.05, 4.69) is 28.5 Å². The Balaban J connectivity index is 1.48. The number of fused-ring (bicyclic) bond motifs is 1. The minimum Gasteiger partial charge on any atom is -0.326 e. The first-order chi connectivity index (χ1) is 12.3. The van der Waals surface area contributed by atoms with Crippen molar-refractivity contribution in [3.63, 3.8) is 0 Å². The molecular formula is C21H17N3O. The number of anilines is 1. The molecule has 4 aromatic rings. The summed E-state index contributed by atoms with van der Waals surface area (Å²) in [6.07, 6.45) is 5.71. The van der Waals surface area contributed by atoms with Gasteiger partial charge in [0.1, 0.15) is 0 Å². The Labute approximate surface area is 145 Å². The summed E-state index contributed by atoms with van der Waals surface area (Å²) in [5, 5.41) is 5.24. The van der Waals surface area contributed by atoms with Gasteiger partial charge in [-0.25, -0.2) is 4.98 Å². The summed E-state index contributed by atoms with van der Waals surface area (Å²) in [7, 11) is 0. The average molecular weight is 327 g/mol. The normalized spacial score (nSPS) is 10.7. The standard InChI is InChI=1S/C21H17N3O/c25-21(14-17-6-3-5-16-4-1-2-7-20(16)17)23-18-8-10-19(11-9-18)24-13-12-22-15-24/h1-13,15H,14H2,(H,23,25). The summed E-state index contributed by atoms with van der Waals surface area (Å²) >= 11 is 0. The maximum absolute atomic E-state index is 12.4. The van der Waals surface area contributed by atoms with Crippen molar-refractivity contribution in [2.24, 2.45) is 0 Å². The van der Waals surface area contributed by atoms with Crippen molar-refractivity contribution < 1.29 is 4.79 Å². The predicted molar refractivity (Wildman–Crippen MR) is 99.8 cm³/mol. The summed E-state index contributed by atoms with van der Waals surface area (Å²) in [6, 6.07) is 21.9. The molecule has 0 aliphatic rings. The highest BCUT2D eigenvalue weighted by Gasteiger charge is 2.07. The summed E-state index contributed by atoms with van der Waals surface area (Å²) in [5.74, 6) is -0.0215. The Morgan fingerprint density at radius 2 is 1.76 bits per heavy atom. The van der Waals surface area contributed by atoms with Gasteiger partial charge in [-0.15, -0.1) is 0 Å². The molecule has 0 aliphatic heterocycles. The zero-order valence-corrected chi connectivity index (χ0v) is 13.6. The van der Waals surface area contributed by atoms with Gasteiger partial charge >= 0.3 is 0 Å². The number of hydrogen-bond donors (Lipinski definition) is 1. The fourth-order valence-electron chi connectivity index (χ4n) is 2.95. The molecule has 3 aromatic carbocycles. The highest BCUT2D eigenvalue weighted by molar-refractivity contribution is 5.96. The van der Waals surface area contributed by atoms with Crippen LogP contribution in [0.4, 0.5) is 5.69 Å². The van der Waals surface area contributed by atoms with Crippen LogP contribution in [0, 0.1) is 0 Å². The van der Waals surface area contributed by atoms with Gasteiger partial charge in [0, 0.05) is 23.8 Å². The van der Waals surface area contributed by atoms with Gasteiger partial charge in [-0.2, -0.15) is 0 Å². The van der Waals surface area contributed by atoms with Crippen molar-refractivity contribution in [1.29, 1.82) is 0 Å². The molecule has 0 aliphatic carbocycles. The molecule has 4 heteroatoms. The Hall–Kier alpha value is -3.40. The minimum absolute atomic E-state index is 0.0215. The maximum atomic E-state index is 12.4. The fourth-order valence-corrected chi connectivity index (χ4v) is 2.95. The molecular weight excluding hydrogens is 310 g/mol. The van der Waals surface area contributed by atoms with Gasteiger partial charge in [-0.3, -0.25) is 4.79 Å². The van der Waals surface area contributed by atoms with Gasteiger partial charge in [-0.1, -0.05) is 42.5 Å². The van der Waals surface area contributed by atoms with Gasteiger partial charge in [0.25, 0.3) is 0 Å². The first-order valence-corrected chi connectivity index (χ1v) is 8.14. The lowest BCUT2D eigenvalue weighted by atomic mass is 10.0. The van der Waals surface area contributed by atoms with Crippen LogP contribution >= 0.6 is 0 Å². The zero-order chi connectivity index (χ0) is 17.1. The SMILES string of the molecule is O=C(Cc1cccc2ccccc12)Nc1ccc(-n2ccnc2)cc1. The first-order valence-electron chi connectivity index (χ1n) is 8.14. The monoisotopic (exact) mass is 327 g/mol. The molecule has 25 heavy (non-hydrogen) atoms. The van der Waals surface area contributed by atoms with Crippen LogP contribution in [0.25, 0.3) is 16.5 Å². The molecule has 0 saturated heterocycles. The van der Waals surface area contributed by atoms with Gasteiger partial charge in [0.2, 0.25) is 5.91 Å². The topological polar surface area (TPSA) is 46.9 Å². The molecule has 1 N–H and O–H groups in total. The second kappa shape index (κ2) is 6.61. The number of carbonyl (C=O) groups is 1. The lowest BCUT2D eigenvalue weighted by Crippen LogP contribution is -2.14. The van der Waals surface area contributed by atoms with E-state index >= 15 is 0 Å². The number of benzene rings is 3. The second-order valence-corrected chi connectivity index (χ2v) is 5.88. The Morgan fingerprint density at radius 3 is 2.56 bits per heavy atom.